The second-order valence-electron chi connectivity index (χ2n) is 5.52. The molecule has 0 aliphatic carbocycles. The number of thioether (sulfide) groups is 1. The van der Waals surface area contributed by atoms with Crippen molar-refractivity contribution in [2.75, 3.05) is 37.7 Å². The number of aliphatic imine (C=N–C) groups is 1. The van der Waals surface area contributed by atoms with Crippen LogP contribution in [0.5, 0.6) is 0 Å². The van der Waals surface area contributed by atoms with Gasteiger partial charge in [-0.3, -0.25) is 9.67 Å². The standard InChI is InChI=1S/C14H23N5OS/c1-18-12(2-4-17-18)13-11(3-7-20-13)10-16-14(15)19-5-8-21-9-6-19/h2,4,11,13H,3,5-10H2,1H3,(H2,15,16)/t11-,13+/m0/s1. The van der Waals surface area contributed by atoms with E-state index in [0.717, 1.165) is 49.9 Å². The third kappa shape index (κ3) is 3.35. The van der Waals surface area contributed by atoms with E-state index >= 15 is 0 Å². The summed E-state index contributed by atoms with van der Waals surface area (Å²) in [6, 6.07) is 2.03. The highest BCUT2D eigenvalue weighted by Gasteiger charge is 2.31. The number of ether oxygens (including phenoxy) is 1. The van der Waals surface area contributed by atoms with Crippen LogP contribution in [-0.4, -0.2) is 58.4 Å². The summed E-state index contributed by atoms with van der Waals surface area (Å²) < 4.78 is 7.77. The zero-order valence-electron chi connectivity index (χ0n) is 12.4. The van der Waals surface area contributed by atoms with Gasteiger partial charge in [-0.05, 0) is 12.5 Å². The molecule has 0 saturated carbocycles. The lowest BCUT2D eigenvalue weighted by Gasteiger charge is -2.27. The first-order valence-corrected chi connectivity index (χ1v) is 8.63. The molecule has 2 aliphatic heterocycles. The smallest absolute Gasteiger partial charge is 0.191 e. The van der Waals surface area contributed by atoms with Gasteiger partial charge in [0.2, 0.25) is 0 Å². The molecule has 0 spiro atoms. The molecule has 6 nitrogen and oxygen atoms in total. The Morgan fingerprint density at radius 1 is 1.52 bits per heavy atom. The molecular formula is C14H23N5OS. The van der Waals surface area contributed by atoms with Gasteiger partial charge >= 0.3 is 0 Å². The number of hydrogen-bond acceptors (Lipinski definition) is 4. The Morgan fingerprint density at radius 2 is 2.33 bits per heavy atom. The highest BCUT2D eigenvalue weighted by Crippen LogP contribution is 2.34. The van der Waals surface area contributed by atoms with Crippen LogP contribution in [0, 0.1) is 5.92 Å². The first-order valence-electron chi connectivity index (χ1n) is 7.48. The van der Waals surface area contributed by atoms with Gasteiger partial charge in [-0.2, -0.15) is 16.9 Å². The Kier molecular flexibility index (Phi) is 4.70. The molecule has 0 unspecified atom stereocenters. The van der Waals surface area contributed by atoms with Crippen LogP contribution in [0.15, 0.2) is 17.3 Å². The third-order valence-electron chi connectivity index (χ3n) is 4.19. The maximum Gasteiger partial charge on any atom is 0.191 e. The largest absolute Gasteiger partial charge is 0.372 e. The summed E-state index contributed by atoms with van der Waals surface area (Å²) in [5, 5.41) is 4.23. The van der Waals surface area contributed by atoms with Crippen molar-refractivity contribution in [2.45, 2.75) is 12.5 Å². The van der Waals surface area contributed by atoms with Gasteiger partial charge in [-0.15, -0.1) is 0 Å². The minimum absolute atomic E-state index is 0.0889. The van der Waals surface area contributed by atoms with Gasteiger partial charge in [-0.1, -0.05) is 0 Å². The first kappa shape index (κ1) is 14.7. The Bertz CT molecular complexity index is 497. The molecule has 2 N–H and O–H groups in total. The zero-order chi connectivity index (χ0) is 14.7. The van der Waals surface area contributed by atoms with Crippen LogP contribution in [0.1, 0.15) is 18.2 Å². The number of aryl methyl sites for hydroxylation is 1. The van der Waals surface area contributed by atoms with E-state index in [1.165, 1.54) is 0 Å². The van der Waals surface area contributed by atoms with Crippen molar-refractivity contribution in [2.24, 2.45) is 23.7 Å². The molecule has 2 saturated heterocycles. The fourth-order valence-electron chi connectivity index (χ4n) is 2.91. The average molecular weight is 309 g/mol. The molecule has 1 aromatic rings. The summed E-state index contributed by atoms with van der Waals surface area (Å²) in [6.45, 7) is 3.53. The highest BCUT2D eigenvalue weighted by molar-refractivity contribution is 7.99. The van der Waals surface area contributed by atoms with Crippen molar-refractivity contribution in [3.8, 4) is 0 Å². The van der Waals surface area contributed by atoms with Crippen LogP contribution in [0.25, 0.3) is 0 Å². The van der Waals surface area contributed by atoms with Crippen molar-refractivity contribution in [1.29, 1.82) is 0 Å². The van der Waals surface area contributed by atoms with Crippen LogP contribution in [0.4, 0.5) is 0 Å². The van der Waals surface area contributed by atoms with Crippen LogP contribution in [-0.2, 0) is 11.8 Å². The van der Waals surface area contributed by atoms with Gasteiger partial charge < -0.3 is 15.4 Å². The van der Waals surface area contributed by atoms with Crippen LogP contribution in [0.2, 0.25) is 0 Å². The van der Waals surface area contributed by atoms with Gasteiger partial charge in [0.15, 0.2) is 5.96 Å². The van der Waals surface area contributed by atoms with Crippen LogP contribution in [0.3, 0.4) is 0 Å². The lowest BCUT2D eigenvalue weighted by Crippen LogP contribution is -2.43. The molecule has 0 amide bonds. The normalized spacial score (nSPS) is 27.3. The molecule has 0 aromatic carbocycles. The van der Waals surface area contributed by atoms with Crippen molar-refractivity contribution >= 4 is 17.7 Å². The lowest BCUT2D eigenvalue weighted by molar-refractivity contribution is 0.0858. The molecule has 0 bridgehead atoms. The molecule has 2 aliphatic rings. The molecule has 1 aromatic heterocycles. The van der Waals surface area contributed by atoms with E-state index in [0.29, 0.717) is 11.9 Å². The van der Waals surface area contributed by atoms with Crippen LogP contribution < -0.4 is 5.73 Å². The zero-order valence-corrected chi connectivity index (χ0v) is 13.3. The number of hydrogen-bond donors (Lipinski definition) is 1. The molecule has 3 heterocycles. The van der Waals surface area contributed by atoms with Gasteiger partial charge in [0.1, 0.15) is 6.10 Å². The summed E-state index contributed by atoms with van der Waals surface area (Å²) in [6.07, 6.45) is 2.94. The van der Waals surface area contributed by atoms with Gasteiger partial charge in [0.25, 0.3) is 0 Å². The number of guanidine groups is 1. The SMILES string of the molecule is Cn1nccc1[C@@H]1OCC[C@H]1CN=C(N)N1CCSCC1. The molecule has 7 heteroatoms. The molecule has 2 atom stereocenters. The second kappa shape index (κ2) is 6.70. The van der Waals surface area contributed by atoms with E-state index in [2.05, 4.69) is 15.0 Å². The number of rotatable bonds is 3. The maximum absolute atomic E-state index is 6.13. The third-order valence-corrected chi connectivity index (χ3v) is 5.13. The molecule has 0 radical (unpaired) electrons. The van der Waals surface area contributed by atoms with Gasteiger partial charge in [0, 0.05) is 56.9 Å². The minimum atomic E-state index is 0.0889. The Morgan fingerprint density at radius 3 is 3.05 bits per heavy atom. The van der Waals surface area contributed by atoms with E-state index < -0.39 is 0 Å². The average Bonchev–Trinajstić information content (AvgIpc) is 3.13. The fourth-order valence-corrected chi connectivity index (χ4v) is 3.82. The van der Waals surface area contributed by atoms with E-state index in [1.807, 2.05) is 35.8 Å². The summed E-state index contributed by atoms with van der Waals surface area (Å²) in [5.41, 5.74) is 7.25. The Hall–Kier alpha value is -1.21. The molecule has 21 heavy (non-hydrogen) atoms. The summed E-state index contributed by atoms with van der Waals surface area (Å²) in [5.74, 6) is 3.35. The van der Waals surface area contributed by atoms with Gasteiger partial charge in [0.05, 0.1) is 5.69 Å². The second-order valence-corrected chi connectivity index (χ2v) is 6.74. The quantitative estimate of drug-likeness (QED) is 0.662. The number of nitrogens with zero attached hydrogens (tertiary/aromatic N) is 4. The summed E-state index contributed by atoms with van der Waals surface area (Å²) in [4.78, 5) is 6.81. The van der Waals surface area contributed by atoms with E-state index in [1.54, 1.807) is 0 Å². The summed E-state index contributed by atoms with van der Waals surface area (Å²) in [7, 11) is 1.96. The molecule has 2 fully saturated rings. The topological polar surface area (TPSA) is 68.7 Å². The lowest BCUT2D eigenvalue weighted by atomic mass is 9.99. The number of nitrogens with two attached hydrogens (primary N) is 1. The van der Waals surface area contributed by atoms with Crippen molar-refractivity contribution in [1.82, 2.24) is 14.7 Å². The molecule has 116 valence electrons. The van der Waals surface area contributed by atoms with E-state index in [4.69, 9.17) is 10.5 Å². The predicted octanol–water partition coefficient (Wildman–Crippen LogP) is 0.861. The van der Waals surface area contributed by atoms with Gasteiger partial charge in [-0.25, -0.2) is 0 Å². The number of aromatic nitrogens is 2. The molecular weight excluding hydrogens is 286 g/mol. The van der Waals surface area contributed by atoms with E-state index in [-0.39, 0.29) is 6.10 Å². The molecule has 3 rings (SSSR count). The van der Waals surface area contributed by atoms with Crippen molar-refractivity contribution in [3.63, 3.8) is 0 Å². The Labute approximate surface area is 129 Å². The monoisotopic (exact) mass is 309 g/mol. The fraction of sp³-hybridized carbons (Fsp3) is 0.714. The van der Waals surface area contributed by atoms with E-state index in [9.17, 15) is 0 Å². The maximum atomic E-state index is 6.13. The summed E-state index contributed by atoms with van der Waals surface area (Å²) >= 11 is 1.98. The Balaban J connectivity index is 1.62. The van der Waals surface area contributed by atoms with Crippen molar-refractivity contribution in [3.05, 3.63) is 18.0 Å². The predicted molar refractivity (Wildman–Crippen MR) is 85.4 cm³/mol. The van der Waals surface area contributed by atoms with Crippen LogP contribution >= 0.6 is 11.8 Å². The highest BCUT2D eigenvalue weighted by atomic mass is 32.2. The minimum Gasteiger partial charge on any atom is -0.372 e. The first-order chi connectivity index (χ1) is 10.3. The van der Waals surface area contributed by atoms with Crippen molar-refractivity contribution < 1.29 is 4.74 Å².